The van der Waals surface area contributed by atoms with Gasteiger partial charge in [0.2, 0.25) is 0 Å². The molecule has 132 valence electrons. The number of thiophene rings is 1. The van der Waals surface area contributed by atoms with E-state index in [1.165, 1.54) is 15.6 Å². The smallest absolute Gasteiger partial charge is 0.324 e. The Balaban J connectivity index is 1.65. The second kappa shape index (κ2) is 7.37. The zero-order chi connectivity index (χ0) is 17.2. The molecule has 1 saturated heterocycles. The SMILES string of the molecule is CC1CC=CCC1COC(=O)C1CCCN1S(=O)(=O)c1cccs1. The van der Waals surface area contributed by atoms with E-state index in [4.69, 9.17) is 4.74 Å². The quantitative estimate of drug-likeness (QED) is 0.591. The number of sulfonamides is 1. The molecule has 0 amide bonds. The minimum atomic E-state index is -3.60. The monoisotopic (exact) mass is 369 g/mol. The van der Waals surface area contributed by atoms with Gasteiger partial charge in [-0.05, 0) is 49.0 Å². The molecule has 0 spiro atoms. The Morgan fingerprint density at radius 1 is 1.38 bits per heavy atom. The van der Waals surface area contributed by atoms with Crippen molar-refractivity contribution in [3.63, 3.8) is 0 Å². The van der Waals surface area contributed by atoms with Crippen LogP contribution in [0.4, 0.5) is 0 Å². The van der Waals surface area contributed by atoms with Gasteiger partial charge in [0.25, 0.3) is 10.0 Å². The van der Waals surface area contributed by atoms with Crippen molar-refractivity contribution in [2.45, 2.75) is 42.9 Å². The van der Waals surface area contributed by atoms with Gasteiger partial charge in [0.1, 0.15) is 10.3 Å². The van der Waals surface area contributed by atoms with Gasteiger partial charge in [0.15, 0.2) is 0 Å². The first-order valence-corrected chi connectivity index (χ1v) is 10.7. The van der Waals surface area contributed by atoms with Crippen LogP contribution < -0.4 is 0 Å². The Morgan fingerprint density at radius 2 is 2.17 bits per heavy atom. The van der Waals surface area contributed by atoms with Crippen molar-refractivity contribution in [3.05, 3.63) is 29.7 Å². The average molecular weight is 370 g/mol. The van der Waals surface area contributed by atoms with Gasteiger partial charge >= 0.3 is 5.97 Å². The van der Waals surface area contributed by atoms with Crippen molar-refractivity contribution in [3.8, 4) is 0 Å². The summed E-state index contributed by atoms with van der Waals surface area (Å²) in [6.45, 7) is 2.90. The Morgan fingerprint density at radius 3 is 2.88 bits per heavy atom. The first kappa shape index (κ1) is 17.6. The van der Waals surface area contributed by atoms with E-state index in [1.54, 1.807) is 17.5 Å². The van der Waals surface area contributed by atoms with Crippen molar-refractivity contribution >= 4 is 27.3 Å². The number of hydrogen-bond acceptors (Lipinski definition) is 5. The van der Waals surface area contributed by atoms with E-state index in [0.717, 1.165) is 12.8 Å². The highest BCUT2D eigenvalue weighted by atomic mass is 32.2. The van der Waals surface area contributed by atoms with Gasteiger partial charge in [-0.3, -0.25) is 4.79 Å². The van der Waals surface area contributed by atoms with Gasteiger partial charge < -0.3 is 4.74 Å². The van der Waals surface area contributed by atoms with E-state index in [1.807, 2.05) is 0 Å². The topological polar surface area (TPSA) is 63.7 Å². The minimum absolute atomic E-state index is 0.285. The highest BCUT2D eigenvalue weighted by Crippen LogP contribution is 2.30. The van der Waals surface area contributed by atoms with Gasteiger partial charge in [-0.25, -0.2) is 8.42 Å². The first-order chi connectivity index (χ1) is 11.5. The fourth-order valence-corrected chi connectivity index (χ4v) is 6.08. The Bertz CT molecular complexity index is 696. The second-order valence-electron chi connectivity index (χ2n) is 6.52. The number of nitrogens with zero attached hydrogens (tertiary/aromatic N) is 1. The molecule has 1 fully saturated rings. The van der Waals surface area contributed by atoms with Crippen LogP contribution in [0.25, 0.3) is 0 Å². The van der Waals surface area contributed by atoms with Crippen LogP contribution in [-0.4, -0.2) is 37.9 Å². The van der Waals surface area contributed by atoms with Crippen LogP contribution in [0.5, 0.6) is 0 Å². The molecule has 2 aliphatic rings. The summed E-state index contributed by atoms with van der Waals surface area (Å²) in [5.74, 6) is 0.398. The lowest BCUT2D eigenvalue weighted by molar-refractivity contribution is -0.149. The maximum atomic E-state index is 12.7. The third-order valence-corrected chi connectivity index (χ3v) is 8.17. The number of esters is 1. The molecule has 0 radical (unpaired) electrons. The van der Waals surface area contributed by atoms with Crippen molar-refractivity contribution in [2.24, 2.45) is 11.8 Å². The predicted molar refractivity (Wildman–Crippen MR) is 93.2 cm³/mol. The molecule has 5 nitrogen and oxygen atoms in total. The molecule has 24 heavy (non-hydrogen) atoms. The van der Waals surface area contributed by atoms with Crippen LogP contribution in [0.15, 0.2) is 33.9 Å². The Hall–Kier alpha value is -1.18. The van der Waals surface area contributed by atoms with Gasteiger partial charge in [-0.2, -0.15) is 4.31 Å². The number of allylic oxidation sites excluding steroid dienone is 2. The van der Waals surface area contributed by atoms with E-state index in [-0.39, 0.29) is 4.21 Å². The van der Waals surface area contributed by atoms with Gasteiger partial charge in [0.05, 0.1) is 6.61 Å². The fraction of sp³-hybridized carbons (Fsp3) is 0.588. The van der Waals surface area contributed by atoms with Crippen LogP contribution >= 0.6 is 11.3 Å². The van der Waals surface area contributed by atoms with Crippen LogP contribution in [0.2, 0.25) is 0 Å². The molecule has 0 bridgehead atoms. The third-order valence-electron chi connectivity index (χ3n) is 4.89. The zero-order valence-corrected chi connectivity index (χ0v) is 15.4. The molecule has 0 saturated carbocycles. The molecule has 0 N–H and O–H groups in total. The molecule has 1 aliphatic heterocycles. The maximum absolute atomic E-state index is 12.7. The summed E-state index contributed by atoms with van der Waals surface area (Å²) in [5, 5.41) is 1.73. The molecule has 1 aromatic rings. The lowest BCUT2D eigenvalue weighted by Crippen LogP contribution is -2.41. The summed E-state index contributed by atoms with van der Waals surface area (Å²) in [4.78, 5) is 12.5. The summed E-state index contributed by atoms with van der Waals surface area (Å²) in [6, 6.07) is 2.60. The molecular formula is C17H23NO4S2. The van der Waals surface area contributed by atoms with Crippen molar-refractivity contribution < 1.29 is 17.9 Å². The van der Waals surface area contributed by atoms with Gasteiger partial charge in [-0.15, -0.1) is 11.3 Å². The first-order valence-electron chi connectivity index (χ1n) is 8.37. The second-order valence-corrected chi connectivity index (χ2v) is 9.58. The number of carbonyl (C=O) groups is 1. The summed E-state index contributed by atoms with van der Waals surface area (Å²) in [5.41, 5.74) is 0. The van der Waals surface area contributed by atoms with Crippen LogP contribution in [-0.2, 0) is 19.6 Å². The molecule has 3 unspecified atom stereocenters. The number of rotatable bonds is 5. The van der Waals surface area contributed by atoms with Crippen molar-refractivity contribution in [1.82, 2.24) is 4.31 Å². The summed E-state index contributed by atoms with van der Waals surface area (Å²) in [7, 11) is -3.60. The van der Waals surface area contributed by atoms with E-state index < -0.39 is 22.0 Å². The predicted octanol–water partition coefficient (Wildman–Crippen LogP) is 3.05. The van der Waals surface area contributed by atoms with E-state index in [9.17, 15) is 13.2 Å². The Labute approximate surface area is 147 Å². The van der Waals surface area contributed by atoms with Crippen LogP contribution in [0.1, 0.15) is 32.6 Å². The molecule has 1 aliphatic carbocycles. The summed E-state index contributed by atoms with van der Waals surface area (Å²) >= 11 is 1.18. The highest BCUT2D eigenvalue weighted by Gasteiger charge is 2.41. The average Bonchev–Trinajstić information content (AvgIpc) is 3.25. The zero-order valence-electron chi connectivity index (χ0n) is 13.8. The lowest BCUT2D eigenvalue weighted by atomic mass is 9.85. The van der Waals surface area contributed by atoms with E-state index >= 15 is 0 Å². The van der Waals surface area contributed by atoms with Gasteiger partial charge in [-0.1, -0.05) is 25.1 Å². The number of hydrogen-bond donors (Lipinski definition) is 0. The fourth-order valence-electron chi connectivity index (χ4n) is 3.31. The maximum Gasteiger partial charge on any atom is 0.324 e. The van der Waals surface area contributed by atoms with Crippen LogP contribution in [0.3, 0.4) is 0 Å². The molecule has 0 aromatic carbocycles. The third kappa shape index (κ3) is 3.58. The molecule has 2 heterocycles. The highest BCUT2D eigenvalue weighted by molar-refractivity contribution is 7.91. The standard InChI is InChI=1S/C17H23NO4S2/c1-13-6-2-3-7-14(13)12-22-17(19)15-8-4-10-18(15)24(20,21)16-9-5-11-23-16/h2-3,5,9,11,13-15H,4,6-8,10,12H2,1H3. The van der Waals surface area contributed by atoms with Gasteiger partial charge in [0, 0.05) is 6.54 Å². The molecular weight excluding hydrogens is 346 g/mol. The molecule has 1 aromatic heterocycles. The van der Waals surface area contributed by atoms with Crippen molar-refractivity contribution in [1.29, 1.82) is 0 Å². The van der Waals surface area contributed by atoms with Crippen molar-refractivity contribution in [2.75, 3.05) is 13.2 Å². The normalized spacial score (nSPS) is 28.1. The molecule has 3 rings (SSSR count). The molecule has 3 atom stereocenters. The molecule has 7 heteroatoms. The lowest BCUT2D eigenvalue weighted by Gasteiger charge is -2.26. The number of carbonyl (C=O) groups excluding carboxylic acids is 1. The van der Waals surface area contributed by atoms with Crippen LogP contribution in [0, 0.1) is 11.8 Å². The summed E-state index contributed by atoms with van der Waals surface area (Å²) in [6.07, 6.45) is 7.42. The minimum Gasteiger partial charge on any atom is -0.464 e. The van der Waals surface area contributed by atoms with E-state index in [2.05, 4.69) is 19.1 Å². The van der Waals surface area contributed by atoms with E-state index in [0.29, 0.717) is 37.8 Å². The number of ether oxygens (including phenoxy) is 1. The Kier molecular flexibility index (Phi) is 5.42. The largest absolute Gasteiger partial charge is 0.464 e. The summed E-state index contributed by atoms with van der Waals surface area (Å²) < 4.78 is 32.5.